The molecule has 4 rings (SSSR count). The molecule has 0 saturated heterocycles. The van der Waals surface area contributed by atoms with E-state index in [9.17, 15) is 0 Å². The van der Waals surface area contributed by atoms with E-state index in [1.807, 2.05) is 48.6 Å². The molecule has 0 aliphatic carbocycles. The molecule has 5 nitrogen and oxygen atoms in total. The van der Waals surface area contributed by atoms with E-state index in [1.165, 1.54) is 0 Å². The molecule has 0 amide bonds. The maximum absolute atomic E-state index is 5.65. The number of ether oxygens (including phenoxy) is 5. The zero-order chi connectivity index (χ0) is 15.5. The summed E-state index contributed by atoms with van der Waals surface area (Å²) in [6.45, 7) is 1.64. The first-order valence-electron chi connectivity index (χ1n) is 7.41. The molecule has 0 spiro atoms. The molecular weight excluding hydrogens is 296 g/mol. The van der Waals surface area contributed by atoms with Crippen LogP contribution in [0.2, 0.25) is 0 Å². The third-order valence-electron chi connectivity index (χ3n) is 3.63. The van der Waals surface area contributed by atoms with Crippen LogP contribution in [-0.4, -0.2) is 20.2 Å². The fourth-order valence-electron chi connectivity index (χ4n) is 2.48. The lowest BCUT2D eigenvalue weighted by Crippen LogP contribution is -1.93. The highest BCUT2D eigenvalue weighted by molar-refractivity contribution is 5.56. The van der Waals surface area contributed by atoms with Crippen LogP contribution >= 0.6 is 0 Å². The van der Waals surface area contributed by atoms with Gasteiger partial charge in [-0.3, -0.25) is 0 Å². The van der Waals surface area contributed by atoms with Crippen molar-refractivity contribution in [2.75, 3.05) is 20.2 Å². The van der Waals surface area contributed by atoms with Gasteiger partial charge in [-0.2, -0.15) is 0 Å². The number of hydrogen-bond acceptors (Lipinski definition) is 5. The van der Waals surface area contributed by atoms with Crippen molar-refractivity contribution in [1.82, 2.24) is 0 Å². The molecule has 0 fully saturated rings. The van der Waals surface area contributed by atoms with Gasteiger partial charge < -0.3 is 23.7 Å². The van der Waals surface area contributed by atoms with Crippen LogP contribution in [0.3, 0.4) is 0 Å². The Morgan fingerprint density at radius 2 is 1.52 bits per heavy atom. The molecule has 0 atom stereocenters. The van der Waals surface area contributed by atoms with Crippen LogP contribution in [0, 0.1) is 0 Å². The molecule has 2 aromatic carbocycles. The van der Waals surface area contributed by atoms with Crippen molar-refractivity contribution in [3.63, 3.8) is 0 Å². The highest BCUT2D eigenvalue weighted by Crippen LogP contribution is 2.33. The molecule has 0 aromatic heterocycles. The summed E-state index contributed by atoms with van der Waals surface area (Å²) in [5, 5.41) is 0. The van der Waals surface area contributed by atoms with E-state index in [4.69, 9.17) is 23.7 Å². The number of rotatable bonds is 5. The smallest absolute Gasteiger partial charge is 0.231 e. The van der Waals surface area contributed by atoms with Crippen LogP contribution in [0.1, 0.15) is 11.1 Å². The minimum atomic E-state index is 0.290. The monoisotopic (exact) mass is 312 g/mol. The minimum Gasteiger partial charge on any atom is -0.454 e. The highest BCUT2D eigenvalue weighted by atomic mass is 16.7. The van der Waals surface area contributed by atoms with Gasteiger partial charge in [-0.15, -0.1) is 0 Å². The standard InChI is InChI=1S/C18H16O5/c1(2-13-3-5-15-17(8-13)22-11-20-15)7-19-10-14-4-6-16-18(9-14)23-12-21-16/h1-6,8-9H,7,10-12H2/b2-1+. The molecule has 2 aliphatic heterocycles. The van der Waals surface area contributed by atoms with E-state index in [2.05, 4.69) is 0 Å². The van der Waals surface area contributed by atoms with Crippen LogP contribution in [0.15, 0.2) is 42.5 Å². The molecule has 2 aliphatic rings. The zero-order valence-electron chi connectivity index (χ0n) is 12.5. The highest BCUT2D eigenvalue weighted by Gasteiger charge is 2.13. The number of benzene rings is 2. The molecule has 0 unspecified atom stereocenters. The Balaban J connectivity index is 1.28. The Labute approximate surface area is 134 Å². The third kappa shape index (κ3) is 3.10. The van der Waals surface area contributed by atoms with Gasteiger partial charge in [0.25, 0.3) is 0 Å². The van der Waals surface area contributed by atoms with Crippen molar-refractivity contribution in [3.05, 3.63) is 53.6 Å². The van der Waals surface area contributed by atoms with Gasteiger partial charge in [0, 0.05) is 0 Å². The number of hydrogen-bond donors (Lipinski definition) is 0. The second-order valence-corrected chi connectivity index (χ2v) is 5.22. The minimum absolute atomic E-state index is 0.290. The van der Waals surface area contributed by atoms with E-state index >= 15 is 0 Å². The lowest BCUT2D eigenvalue weighted by atomic mass is 10.2. The van der Waals surface area contributed by atoms with Crippen LogP contribution in [0.25, 0.3) is 6.08 Å². The SMILES string of the molecule is C(=C\c1ccc2c(c1)OCO2)/COCc1ccc2c(c1)OCO2. The maximum Gasteiger partial charge on any atom is 0.231 e. The molecule has 5 heteroatoms. The normalized spacial score (nSPS) is 14.6. The summed E-state index contributed by atoms with van der Waals surface area (Å²) < 4.78 is 26.9. The Bertz CT molecular complexity index is 738. The Kier molecular flexibility index (Phi) is 3.78. The van der Waals surface area contributed by atoms with E-state index in [0.29, 0.717) is 20.0 Å². The summed E-state index contributed by atoms with van der Waals surface area (Å²) in [5.74, 6) is 3.15. The summed E-state index contributed by atoms with van der Waals surface area (Å²) in [6, 6.07) is 11.7. The van der Waals surface area contributed by atoms with Crippen molar-refractivity contribution < 1.29 is 23.7 Å². The quantitative estimate of drug-likeness (QED) is 0.792. The van der Waals surface area contributed by atoms with E-state index in [0.717, 1.165) is 34.1 Å². The van der Waals surface area contributed by atoms with Gasteiger partial charge in [0.2, 0.25) is 13.6 Å². The van der Waals surface area contributed by atoms with Crippen molar-refractivity contribution in [3.8, 4) is 23.0 Å². The summed E-state index contributed by atoms with van der Waals surface area (Å²) in [7, 11) is 0. The second-order valence-electron chi connectivity index (χ2n) is 5.22. The second kappa shape index (κ2) is 6.22. The number of fused-ring (bicyclic) bond motifs is 2. The Morgan fingerprint density at radius 3 is 2.35 bits per heavy atom. The molecule has 118 valence electrons. The average molecular weight is 312 g/mol. The Hall–Kier alpha value is -2.66. The fraction of sp³-hybridized carbons (Fsp3) is 0.222. The van der Waals surface area contributed by atoms with Crippen LogP contribution in [0.5, 0.6) is 23.0 Å². The largest absolute Gasteiger partial charge is 0.454 e. The average Bonchev–Trinajstić information content (AvgIpc) is 3.22. The van der Waals surface area contributed by atoms with Crippen molar-refractivity contribution >= 4 is 6.08 Å². The van der Waals surface area contributed by atoms with E-state index < -0.39 is 0 Å². The van der Waals surface area contributed by atoms with Crippen molar-refractivity contribution in [1.29, 1.82) is 0 Å². The molecule has 0 N–H and O–H groups in total. The van der Waals surface area contributed by atoms with Gasteiger partial charge in [-0.25, -0.2) is 0 Å². The summed E-state index contributed by atoms with van der Waals surface area (Å²) >= 11 is 0. The lowest BCUT2D eigenvalue weighted by Gasteiger charge is -2.03. The topological polar surface area (TPSA) is 46.2 Å². The third-order valence-corrected chi connectivity index (χ3v) is 3.63. The van der Waals surface area contributed by atoms with Crippen molar-refractivity contribution in [2.45, 2.75) is 6.61 Å². The molecule has 0 radical (unpaired) electrons. The maximum atomic E-state index is 5.65. The zero-order valence-corrected chi connectivity index (χ0v) is 12.5. The van der Waals surface area contributed by atoms with Crippen molar-refractivity contribution in [2.24, 2.45) is 0 Å². The molecule has 0 bridgehead atoms. The van der Waals surface area contributed by atoms with E-state index in [-0.39, 0.29) is 6.79 Å². The van der Waals surface area contributed by atoms with Crippen LogP contribution in [-0.2, 0) is 11.3 Å². The molecule has 2 aromatic rings. The first-order valence-corrected chi connectivity index (χ1v) is 7.41. The Morgan fingerprint density at radius 1 is 0.826 bits per heavy atom. The fourth-order valence-corrected chi connectivity index (χ4v) is 2.48. The first-order chi connectivity index (χ1) is 11.4. The first kappa shape index (κ1) is 14.0. The van der Waals surface area contributed by atoms with Gasteiger partial charge in [0.05, 0.1) is 13.2 Å². The summed E-state index contributed by atoms with van der Waals surface area (Å²) in [4.78, 5) is 0. The van der Waals surface area contributed by atoms with Gasteiger partial charge in [-0.05, 0) is 35.4 Å². The summed E-state index contributed by atoms with van der Waals surface area (Å²) in [5.41, 5.74) is 2.12. The lowest BCUT2D eigenvalue weighted by molar-refractivity contribution is 0.148. The predicted molar refractivity (Wildman–Crippen MR) is 83.8 cm³/mol. The van der Waals surface area contributed by atoms with E-state index in [1.54, 1.807) is 0 Å². The predicted octanol–water partition coefficient (Wildman–Crippen LogP) is 3.37. The molecule has 23 heavy (non-hydrogen) atoms. The van der Waals surface area contributed by atoms with Gasteiger partial charge in [0.1, 0.15) is 0 Å². The van der Waals surface area contributed by atoms with Gasteiger partial charge in [-0.1, -0.05) is 24.3 Å². The van der Waals surface area contributed by atoms with Gasteiger partial charge in [0.15, 0.2) is 23.0 Å². The summed E-state index contributed by atoms with van der Waals surface area (Å²) in [6.07, 6.45) is 3.98. The van der Waals surface area contributed by atoms with Crippen LogP contribution in [0.4, 0.5) is 0 Å². The molecular formula is C18H16O5. The van der Waals surface area contributed by atoms with Crippen LogP contribution < -0.4 is 18.9 Å². The molecule has 2 heterocycles. The van der Waals surface area contributed by atoms with Gasteiger partial charge >= 0.3 is 0 Å². The molecule has 0 saturated carbocycles.